The second-order valence-electron chi connectivity index (χ2n) is 2.74. The lowest BCUT2D eigenvalue weighted by molar-refractivity contribution is -0.133. The van der Waals surface area contributed by atoms with E-state index >= 15 is 0 Å². The lowest BCUT2D eigenvalue weighted by Gasteiger charge is -2.04. The van der Waals surface area contributed by atoms with E-state index in [1.54, 1.807) is 13.0 Å². The van der Waals surface area contributed by atoms with Gasteiger partial charge < -0.3 is 9.84 Å². The van der Waals surface area contributed by atoms with Crippen LogP contribution < -0.4 is 0 Å². The van der Waals surface area contributed by atoms with Gasteiger partial charge in [-0.15, -0.1) is 0 Å². The van der Waals surface area contributed by atoms with Crippen LogP contribution in [0, 0.1) is 0 Å². The van der Waals surface area contributed by atoms with E-state index in [2.05, 4.69) is 6.58 Å². The highest BCUT2D eigenvalue weighted by Gasteiger charge is 2.00. The molecule has 3 heteroatoms. The van der Waals surface area contributed by atoms with E-state index in [1.807, 2.05) is 6.92 Å². The van der Waals surface area contributed by atoms with Crippen LogP contribution in [-0.4, -0.2) is 17.2 Å². The Morgan fingerprint density at radius 1 is 1.69 bits per heavy atom. The molecule has 74 valence electrons. The summed E-state index contributed by atoms with van der Waals surface area (Å²) in [7, 11) is 0. The normalized spacial score (nSPS) is 13.6. The van der Waals surface area contributed by atoms with Crippen molar-refractivity contribution in [3.63, 3.8) is 0 Å². The first-order valence-corrected chi connectivity index (χ1v) is 4.29. The first-order valence-electron chi connectivity index (χ1n) is 4.29. The molecule has 3 nitrogen and oxygen atoms in total. The van der Waals surface area contributed by atoms with Crippen LogP contribution >= 0.6 is 0 Å². The number of allylic oxidation sites excluding steroid dienone is 1. The Balaban J connectivity index is 3.88. The Labute approximate surface area is 78.7 Å². The zero-order chi connectivity index (χ0) is 10.3. The summed E-state index contributed by atoms with van der Waals surface area (Å²) in [6.45, 7) is 6.84. The highest BCUT2D eigenvalue weighted by atomic mass is 16.5. The molecule has 0 saturated heterocycles. The Morgan fingerprint density at radius 3 is 2.77 bits per heavy atom. The zero-order valence-corrected chi connectivity index (χ0v) is 8.12. The molecule has 0 spiro atoms. The third kappa shape index (κ3) is 6.11. The van der Waals surface area contributed by atoms with Crippen molar-refractivity contribution in [1.82, 2.24) is 0 Å². The zero-order valence-electron chi connectivity index (χ0n) is 8.12. The third-order valence-corrected chi connectivity index (χ3v) is 1.58. The second kappa shape index (κ2) is 6.43. The summed E-state index contributed by atoms with van der Waals surface area (Å²) in [6.07, 6.45) is 3.63. The lowest BCUT2D eigenvalue weighted by atomic mass is 10.2. The number of hydrogen-bond acceptors (Lipinski definition) is 3. The molecule has 1 unspecified atom stereocenters. The van der Waals surface area contributed by atoms with Crippen molar-refractivity contribution in [3.8, 4) is 0 Å². The molecule has 0 bridgehead atoms. The van der Waals surface area contributed by atoms with Crippen molar-refractivity contribution in [1.29, 1.82) is 0 Å². The Hall–Kier alpha value is -1.09. The maximum absolute atomic E-state index is 10.7. The minimum Gasteiger partial charge on any atom is -0.429 e. The van der Waals surface area contributed by atoms with Crippen LogP contribution in [0.15, 0.2) is 24.5 Å². The molecule has 0 aromatic heterocycles. The van der Waals surface area contributed by atoms with Crippen LogP contribution in [0.1, 0.15) is 26.7 Å². The average molecular weight is 184 g/mol. The van der Waals surface area contributed by atoms with E-state index in [9.17, 15) is 9.90 Å². The van der Waals surface area contributed by atoms with Crippen molar-refractivity contribution >= 4 is 5.97 Å². The van der Waals surface area contributed by atoms with Crippen LogP contribution in [0.4, 0.5) is 0 Å². The molecule has 13 heavy (non-hydrogen) atoms. The van der Waals surface area contributed by atoms with Gasteiger partial charge in [0.15, 0.2) is 0 Å². The smallest absolute Gasteiger partial charge is 0.335 e. The monoisotopic (exact) mass is 184 g/mol. The molecule has 0 amide bonds. The number of ether oxygens (including phenoxy) is 1. The first kappa shape index (κ1) is 11.9. The van der Waals surface area contributed by atoms with Gasteiger partial charge in [-0.2, -0.15) is 0 Å². The lowest BCUT2D eigenvalue weighted by Crippen LogP contribution is -2.03. The molecule has 0 aromatic rings. The van der Waals surface area contributed by atoms with E-state index in [0.717, 1.165) is 6.08 Å². The van der Waals surface area contributed by atoms with Crippen molar-refractivity contribution in [2.45, 2.75) is 32.8 Å². The van der Waals surface area contributed by atoms with Crippen LogP contribution in [0.25, 0.3) is 0 Å². The molecule has 1 N–H and O–H groups in total. The van der Waals surface area contributed by atoms with Crippen LogP contribution in [0.3, 0.4) is 0 Å². The van der Waals surface area contributed by atoms with Gasteiger partial charge in [0.25, 0.3) is 0 Å². The first-order chi connectivity index (χ1) is 6.10. The number of rotatable bonds is 5. The van der Waals surface area contributed by atoms with E-state index in [4.69, 9.17) is 4.74 Å². The highest BCUT2D eigenvalue weighted by Crippen LogP contribution is 2.03. The molecule has 0 heterocycles. The number of aliphatic hydroxyl groups excluding tert-OH is 1. The van der Waals surface area contributed by atoms with E-state index < -0.39 is 5.97 Å². The number of hydrogen-bond donors (Lipinski definition) is 1. The van der Waals surface area contributed by atoms with E-state index in [1.165, 1.54) is 0 Å². The Bertz CT molecular complexity index is 206. The van der Waals surface area contributed by atoms with Gasteiger partial charge in [0, 0.05) is 6.08 Å². The molecular formula is C10H16O3. The van der Waals surface area contributed by atoms with Crippen molar-refractivity contribution in [2.24, 2.45) is 0 Å². The Kier molecular flexibility index (Phi) is 5.89. The summed E-state index contributed by atoms with van der Waals surface area (Å²) in [5.41, 5.74) is 0. The van der Waals surface area contributed by atoms with Gasteiger partial charge in [-0.25, -0.2) is 4.79 Å². The molecule has 0 aliphatic carbocycles. The molecule has 0 fully saturated rings. The van der Waals surface area contributed by atoms with Gasteiger partial charge in [0.2, 0.25) is 0 Å². The van der Waals surface area contributed by atoms with Gasteiger partial charge in [0.1, 0.15) is 5.76 Å². The minimum absolute atomic E-state index is 0.364. The SMILES string of the molecule is C=CC(=O)OC(C)=CCC(O)CC. The summed E-state index contributed by atoms with van der Waals surface area (Å²) < 4.78 is 4.79. The predicted molar refractivity (Wildman–Crippen MR) is 51.0 cm³/mol. The summed E-state index contributed by atoms with van der Waals surface area (Å²) in [5.74, 6) is 0.0251. The van der Waals surface area contributed by atoms with Gasteiger partial charge in [-0.3, -0.25) is 0 Å². The van der Waals surface area contributed by atoms with Crippen LogP contribution in [-0.2, 0) is 9.53 Å². The highest BCUT2D eigenvalue weighted by molar-refractivity contribution is 5.82. The van der Waals surface area contributed by atoms with Crippen LogP contribution in [0.2, 0.25) is 0 Å². The largest absolute Gasteiger partial charge is 0.429 e. The van der Waals surface area contributed by atoms with Crippen LogP contribution in [0.5, 0.6) is 0 Å². The Morgan fingerprint density at radius 2 is 2.31 bits per heavy atom. The predicted octanol–water partition coefficient (Wildman–Crippen LogP) is 1.78. The summed E-state index contributed by atoms with van der Waals surface area (Å²) in [5, 5.41) is 9.19. The summed E-state index contributed by atoms with van der Waals surface area (Å²) >= 11 is 0. The fourth-order valence-electron chi connectivity index (χ4n) is 0.711. The molecule has 0 aliphatic rings. The third-order valence-electron chi connectivity index (χ3n) is 1.58. The van der Waals surface area contributed by atoms with Crippen molar-refractivity contribution < 1.29 is 14.6 Å². The van der Waals surface area contributed by atoms with E-state index in [0.29, 0.717) is 18.6 Å². The summed E-state index contributed by atoms with van der Waals surface area (Å²) in [6, 6.07) is 0. The minimum atomic E-state index is -0.472. The maximum Gasteiger partial charge on any atom is 0.335 e. The molecule has 0 aromatic carbocycles. The molecule has 0 saturated carbocycles. The van der Waals surface area contributed by atoms with Crippen molar-refractivity contribution in [2.75, 3.05) is 0 Å². The van der Waals surface area contributed by atoms with Gasteiger partial charge in [-0.05, 0) is 25.8 Å². The fourth-order valence-corrected chi connectivity index (χ4v) is 0.711. The standard InChI is InChI=1S/C10H16O3/c1-4-9(11)7-6-8(3)13-10(12)5-2/h5-6,9,11H,2,4,7H2,1,3H3. The molecule has 0 aliphatic heterocycles. The second-order valence-corrected chi connectivity index (χ2v) is 2.74. The quantitative estimate of drug-likeness (QED) is 0.402. The molecular weight excluding hydrogens is 168 g/mol. The van der Waals surface area contributed by atoms with Gasteiger partial charge in [0.05, 0.1) is 6.10 Å². The van der Waals surface area contributed by atoms with Gasteiger partial charge in [-0.1, -0.05) is 13.5 Å². The van der Waals surface area contributed by atoms with Gasteiger partial charge >= 0.3 is 5.97 Å². The average Bonchev–Trinajstić information content (AvgIpc) is 2.13. The molecule has 0 radical (unpaired) electrons. The molecule has 1 atom stereocenters. The summed E-state index contributed by atoms with van der Waals surface area (Å²) in [4.78, 5) is 10.7. The fraction of sp³-hybridized carbons (Fsp3) is 0.500. The number of carbonyl (C=O) groups is 1. The number of aliphatic hydroxyl groups is 1. The number of carbonyl (C=O) groups excluding carboxylic acids is 1. The van der Waals surface area contributed by atoms with Crippen molar-refractivity contribution in [3.05, 3.63) is 24.5 Å². The molecule has 0 rings (SSSR count). The van der Waals surface area contributed by atoms with E-state index in [-0.39, 0.29) is 6.10 Å². The topological polar surface area (TPSA) is 46.5 Å². The maximum atomic E-state index is 10.7. The number of esters is 1.